The molecule has 2 amide bonds. The minimum absolute atomic E-state index is 0.0556. The predicted octanol–water partition coefficient (Wildman–Crippen LogP) is 0.432. The fourth-order valence-electron chi connectivity index (χ4n) is 1.79. The molecular formula is C12H8N2O6. The van der Waals surface area contributed by atoms with Crippen LogP contribution in [-0.4, -0.2) is 39.3 Å². The maximum absolute atomic E-state index is 11.9. The molecule has 0 unspecified atom stereocenters. The van der Waals surface area contributed by atoms with Gasteiger partial charge in [0.05, 0.1) is 10.5 Å². The van der Waals surface area contributed by atoms with Gasteiger partial charge in [0.25, 0.3) is 17.5 Å². The van der Waals surface area contributed by atoms with Gasteiger partial charge in [-0.05, 0) is 5.56 Å². The Hall–Kier alpha value is -3.03. The van der Waals surface area contributed by atoms with E-state index in [1.54, 1.807) is 0 Å². The lowest BCUT2D eigenvalue weighted by molar-refractivity contribution is -0.384. The molecule has 8 nitrogen and oxygen atoms in total. The Bertz CT molecular complexity index is 664. The van der Waals surface area contributed by atoms with E-state index in [1.165, 1.54) is 18.2 Å². The van der Waals surface area contributed by atoms with Crippen LogP contribution < -0.4 is 0 Å². The van der Waals surface area contributed by atoms with Gasteiger partial charge in [0.15, 0.2) is 0 Å². The number of amides is 2. The van der Waals surface area contributed by atoms with Crippen LogP contribution in [0.25, 0.3) is 5.57 Å². The highest BCUT2D eigenvalue weighted by molar-refractivity contribution is 6.33. The number of carbonyl (C=O) groups is 3. The third-order valence-electron chi connectivity index (χ3n) is 2.67. The van der Waals surface area contributed by atoms with E-state index in [-0.39, 0.29) is 16.8 Å². The van der Waals surface area contributed by atoms with Gasteiger partial charge < -0.3 is 5.11 Å². The number of nitro groups is 1. The van der Waals surface area contributed by atoms with Crippen molar-refractivity contribution < 1.29 is 24.4 Å². The van der Waals surface area contributed by atoms with E-state index in [0.29, 0.717) is 4.90 Å². The van der Waals surface area contributed by atoms with E-state index in [1.807, 2.05) is 0 Å². The summed E-state index contributed by atoms with van der Waals surface area (Å²) in [5.41, 5.74) is -0.0780. The van der Waals surface area contributed by atoms with E-state index in [9.17, 15) is 24.5 Å². The highest BCUT2D eigenvalue weighted by atomic mass is 16.6. The number of carboxylic acids is 1. The van der Waals surface area contributed by atoms with Gasteiger partial charge in [-0.3, -0.25) is 29.4 Å². The summed E-state index contributed by atoms with van der Waals surface area (Å²) in [5.74, 6) is -2.85. The van der Waals surface area contributed by atoms with E-state index in [4.69, 9.17) is 5.11 Å². The summed E-state index contributed by atoms with van der Waals surface area (Å²) >= 11 is 0. The lowest BCUT2D eigenvalue weighted by atomic mass is 10.1. The molecule has 0 saturated carbocycles. The van der Waals surface area contributed by atoms with Crippen LogP contribution in [0.2, 0.25) is 0 Å². The molecule has 0 saturated heterocycles. The molecule has 1 aliphatic rings. The Morgan fingerprint density at radius 3 is 2.65 bits per heavy atom. The fourth-order valence-corrected chi connectivity index (χ4v) is 1.79. The molecule has 0 spiro atoms. The first-order valence-corrected chi connectivity index (χ1v) is 5.44. The molecule has 102 valence electrons. The van der Waals surface area contributed by atoms with Crippen LogP contribution in [0.1, 0.15) is 5.56 Å². The maximum atomic E-state index is 11.9. The van der Waals surface area contributed by atoms with Gasteiger partial charge in [0.2, 0.25) is 0 Å². The van der Waals surface area contributed by atoms with Crippen molar-refractivity contribution in [2.75, 3.05) is 6.54 Å². The first kappa shape index (κ1) is 13.4. The summed E-state index contributed by atoms with van der Waals surface area (Å²) in [6, 6.07) is 5.22. The lowest BCUT2D eigenvalue weighted by Gasteiger charge is -2.11. The van der Waals surface area contributed by atoms with Crippen molar-refractivity contribution in [1.82, 2.24) is 4.90 Å². The molecule has 0 atom stereocenters. The summed E-state index contributed by atoms with van der Waals surface area (Å²) in [4.78, 5) is 44.7. The average Bonchev–Trinajstić information content (AvgIpc) is 2.66. The third kappa shape index (κ3) is 2.39. The third-order valence-corrected chi connectivity index (χ3v) is 2.67. The molecule has 1 aromatic rings. The second kappa shape index (κ2) is 4.92. The highest BCUT2D eigenvalue weighted by Gasteiger charge is 2.33. The number of imide groups is 1. The number of aliphatic carboxylic acids is 1. The van der Waals surface area contributed by atoms with Gasteiger partial charge in [0, 0.05) is 18.2 Å². The van der Waals surface area contributed by atoms with Gasteiger partial charge >= 0.3 is 5.97 Å². The van der Waals surface area contributed by atoms with Crippen LogP contribution in [0.4, 0.5) is 5.69 Å². The number of benzene rings is 1. The van der Waals surface area contributed by atoms with Crippen LogP contribution in [0.15, 0.2) is 30.3 Å². The molecule has 0 aromatic heterocycles. The number of nitro benzene ring substituents is 1. The topological polar surface area (TPSA) is 118 Å². The minimum atomic E-state index is -1.32. The van der Waals surface area contributed by atoms with Crippen LogP contribution in [0, 0.1) is 10.1 Å². The van der Waals surface area contributed by atoms with Crippen molar-refractivity contribution in [2.45, 2.75) is 0 Å². The number of hydrogen-bond donors (Lipinski definition) is 1. The number of rotatable bonds is 4. The van der Waals surface area contributed by atoms with Crippen molar-refractivity contribution in [2.24, 2.45) is 0 Å². The standard InChI is InChI=1S/C12H8N2O6/c15-10-5-9(12(18)13(10)6-11(16)17)7-2-1-3-8(4-7)14(19)20/h1-5H,6H2,(H,16,17). The van der Waals surface area contributed by atoms with Gasteiger partial charge in [-0.15, -0.1) is 0 Å². The van der Waals surface area contributed by atoms with Crippen molar-refractivity contribution in [3.63, 3.8) is 0 Å². The Labute approximate surface area is 112 Å². The number of carbonyl (C=O) groups excluding carboxylic acids is 2. The fraction of sp³-hybridized carbons (Fsp3) is 0.0833. The molecule has 1 aromatic carbocycles. The van der Waals surface area contributed by atoms with Crippen LogP contribution in [-0.2, 0) is 14.4 Å². The van der Waals surface area contributed by atoms with E-state index >= 15 is 0 Å². The summed E-state index contributed by atoms with van der Waals surface area (Å²) < 4.78 is 0. The zero-order chi connectivity index (χ0) is 14.9. The minimum Gasteiger partial charge on any atom is -0.480 e. The van der Waals surface area contributed by atoms with Crippen molar-refractivity contribution in [3.05, 3.63) is 46.0 Å². The molecular weight excluding hydrogens is 268 g/mol. The van der Waals surface area contributed by atoms with Gasteiger partial charge in [-0.2, -0.15) is 0 Å². The molecule has 0 fully saturated rings. The van der Waals surface area contributed by atoms with Crippen LogP contribution >= 0.6 is 0 Å². The molecule has 20 heavy (non-hydrogen) atoms. The summed E-state index contributed by atoms with van der Waals surface area (Å²) in [6.07, 6.45) is 0.977. The quantitative estimate of drug-likeness (QED) is 0.484. The van der Waals surface area contributed by atoms with Gasteiger partial charge in [-0.1, -0.05) is 12.1 Å². The normalized spacial score (nSPS) is 14.4. The summed E-state index contributed by atoms with van der Waals surface area (Å²) in [5, 5.41) is 19.3. The van der Waals surface area contributed by atoms with E-state index in [0.717, 1.165) is 12.1 Å². The lowest BCUT2D eigenvalue weighted by Crippen LogP contribution is -2.35. The van der Waals surface area contributed by atoms with Gasteiger partial charge in [-0.25, -0.2) is 0 Å². The highest BCUT2D eigenvalue weighted by Crippen LogP contribution is 2.26. The van der Waals surface area contributed by atoms with Gasteiger partial charge in [0.1, 0.15) is 6.54 Å². The molecule has 2 rings (SSSR count). The Morgan fingerprint density at radius 1 is 1.35 bits per heavy atom. The maximum Gasteiger partial charge on any atom is 0.323 e. The number of non-ortho nitro benzene ring substituents is 1. The molecule has 1 N–H and O–H groups in total. The molecule has 0 aliphatic carbocycles. The van der Waals surface area contributed by atoms with Crippen molar-refractivity contribution >= 4 is 29.0 Å². The zero-order valence-corrected chi connectivity index (χ0v) is 9.98. The first-order valence-electron chi connectivity index (χ1n) is 5.44. The monoisotopic (exact) mass is 276 g/mol. The Balaban J connectivity index is 2.35. The molecule has 1 heterocycles. The first-order chi connectivity index (χ1) is 9.40. The molecule has 0 bridgehead atoms. The number of carboxylic acid groups (broad SMARTS) is 1. The second-order valence-corrected chi connectivity index (χ2v) is 3.99. The number of nitrogens with zero attached hydrogens (tertiary/aromatic N) is 2. The smallest absolute Gasteiger partial charge is 0.323 e. The van der Waals surface area contributed by atoms with Crippen LogP contribution in [0.3, 0.4) is 0 Å². The molecule has 1 aliphatic heterocycles. The van der Waals surface area contributed by atoms with Crippen molar-refractivity contribution in [3.8, 4) is 0 Å². The van der Waals surface area contributed by atoms with Crippen LogP contribution in [0.5, 0.6) is 0 Å². The summed E-state index contributed by atoms with van der Waals surface area (Å²) in [7, 11) is 0. The summed E-state index contributed by atoms with van der Waals surface area (Å²) in [6.45, 7) is -0.743. The molecule has 0 radical (unpaired) electrons. The average molecular weight is 276 g/mol. The predicted molar refractivity (Wildman–Crippen MR) is 65.4 cm³/mol. The number of hydrogen-bond acceptors (Lipinski definition) is 5. The Kier molecular flexibility index (Phi) is 3.30. The Morgan fingerprint density at radius 2 is 2.05 bits per heavy atom. The largest absolute Gasteiger partial charge is 0.480 e. The zero-order valence-electron chi connectivity index (χ0n) is 9.98. The van der Waals surface area contributed by atoms with E-state index < -0.39 is 29.3 Å². The van der Waals surface area contributed by atoms with E-state index in [2.05, 4.69) is 0 Å². The second-order valence-electron chi connectivity index (χ2n) is 3.99. The molecule has 8 heteroatoms. The van der Waals surface area contributed by atoms with Crippen molar-refractivity contribution in [1.29, 1.82) is 0 Å². The SMILES string of the molecule is O=C(O)CN1C(=O)C=C(c2cccc([N+](=O)[O-])c2)C1=O.